The summed E-state index contributed by atoms with van der Waals surface area (Å²) >= 11 is 0. The van der Waals surface area contributed by atoms with E-state index < -0.39 is 0 Å². The first kappa shape index (κ1) is 14.1. The van der Waals surface area contributed by atoms with Crippen molar-refractivity contribution in [3.63, 3.8) is 0 Å². The predicted octanol–water partition coefficient (Wildman–Crippen LogP) is 4.05. The fourth-order valence-corrected chi connectivity index (χ4v) is 2.39. The number of hydrogen-bond donors (Lipinski definition) is 0. The molecule has 2 aromatic heterocycles. The second kappa shape index (κ2) is 6.28. The molecule has 114 valence electrons. The van der Waals surface area contributed by atoms with Crippen molar-refractivity contribution in [2.45, 2.75) is 0 Å². The van der Waals surface area contributed by atoms with Crippen LogP contribution in [0.25, 0.3) is 17.1 Å². The van der Waals surface area contributed by atoms with Gasteiger partial charge in [-0.3, -0.25) is 9.97 Å². The Morgan fingerprint density at radius 3 is 2.46 bits per heavy atom. The van der Waals surface area contributed by atoms with Crippen molar-refractivity contribution in [1.29, 1.82) is 0 Å². The lowest BCUT2D eigenvalue weighted by Crippen LogP contribution is -2.10. The normalized spacial score (nSPS) is 13.0. The summed E-state index contributed by atoms with van der Waals surface area (Å²) < 4.78 is 0. The van der Waals surface area contributed by atoms with Crippen molar-refractivity contribution < 1.29 is 0 Å². The Labute approximate surface area is 139 Å². The Kier molecular flexibility index (Phi) is 3.68. The van der Waals surface area contributed by atoms with E-state index in [1.54, 1.807) is 17.4 Å². The maximum atomic E-state index is 4.39. The zero-order valence-corrected chi connectivity index (χ0v) is 12.7. The second-order valence-electron chi connectivity index (χ2n) is 5.15. The first-order valence-electron chi connectivity index (χ1n) is 7.50. The molecule has 1 aromatic carbocycles. The van der Waals surface area contributed by atoms with Gasteiger partial charge in [-0.25, -0.2) is 5.01 Å². The number of aliphatic imine (C=N–C) groups is 1. The van der Waals surface area contributed by atoms with Gasteiger partial charge in [-0.05, 0) is 24.3 Å². The minimum atomic E-state index is 0.792. The largest absolute Gasteiger partial charge is 0.255 e. The number of pyridine rings is 2. The number of anilines is 1. The molecule has 0 atom stereocenters. The molecular formula is C19H13N5. The Hall–Kier alpha value is -3.56. The zero-order chi connectivity index (χ0) is 16.2. The molecule has 3 heterocycles. The highest BCUT2D eigenvalue weighted by Crippen LogP contribution is 2.25. The monoisotopic (exact) mass is 311 g/mol. The minimum Gasteiger partial charge on any atom is -0.255 e. The van der Waals surface area contributed by atoms with Crippen molar-refractivity contribution in [3.8, 4) is 11.4 Å². The number of rotatable bonds is 3. The molecule has 0 radical (unpaired) electrons. The van der Waals surface area contributed by atoms with Gasteiger partial charge in [0, 0.05) is 18.0 Å². The first-order valence-corrected chi connectivity index (χ1v) is 7.50. The van der Waals surface area contributed by atoms with E-state index in [1.165, 1.54) is 0 Å². The molecule has 24 heavy (non-hydrogen) atoms. The van der Waals surface area contributed by atoms with Crippen LogP contribution < -0.4 is 5.01 Å². The van der Waals surface area contributed by atoms with Gasteiger partial charge in [0.05, 0.1) is 23.3 Å². The van der Waals surface area contributed by atoms with Gasteiger partial charge in [0.15, 0.2) is 0 Å². The lowest BCUT2D eigenvalue weighted by molar-refractivity contribution is 1.06. The van der Waals surface area contributed by atoms with E-state index in [4.69, 9.17) is 0 Å². The molecule has 0 N–H and O–H groups in total. The Bertz CT molecular complexity index is 942. The van der Waals surface area contributed by atoms with Gasteiger partial charge in [0.2, 0.25) is 0 Å². The summed E-state index contributed by atoms with van der Waals surface area (Å²) in [6, 6.07) is 22.2. The minimum absolute atomic E-state index is 0.792. The quantitative estimate of drug-likeness (QED) is 0.733. The van der Waals surface area contributed by atoms with Gasteiger partial charge in [0.25, 0.3) is 0 Å². The Morgan fingerprint density at radius 1 is 0.792 bits per heavy atom. The number of aromatic nitrogens is 2. The van der Waals surface area contributed by atoms with Gasteiger partial charge < -0.3 is 0 Å². The third-order valence-corrected chi connectivity index (χ3v) is 3.57. The Morgan fingerprint density at radius 2 is 1.62 bits per heavy atom. The molecule has 0 bridgehead atoms. The van der Waals surface area contributed by atoms with E-state index in [9.17, 15) is 0 Å². The van der Waals surface area contributed by atoms with E-state index in [-0.39, 0.29) is 0 Å². The molecule has 3 aromatic rings. The summed E-state index contributed by atoms with van der Waals surface area (Å²) in [6.07, 6.45) is 5.38. The van der Waals surface area contributed by atoms with Gasteiger partial charge in [-0.1, -0.05) is 36.4 Å². The molecule has 0 fully saturated rings. The molecule has 1 aliphatic heterocycles. The van der Waals surface area contributed by atoms with Crippen LogP contribution in [0.4, 0.5) is 5.69 Å². The summed E-state index contributed by atoms with van der Waals surface area (Å²) in [5.74, 6) is 0. The number of hydrogen-bond acceptors (Lipinski definition) is 5. The van der Waals surface area contributed by atoms with Crippen LogP contribution in [0, 0.1) is 0 Å². The van der Waals surface area contributed by atoms with E-state index in [2.05, 4.69) is 26.1 Å². The molecule has 0 saturated carbocycles. The molecule has 5 nitrogen and oxygen atoms in total. The summed E-state index contributed by atoms with van der Waals surface area (Å²) in [5.41, 5.74) is 4.31. The van der Waals surface area contributed by atoms with Crippen molar-refractivity contribution in [2.24, 2.45) is 10.1 Å². The Balaban J connectivity index is 1.70. The van der Waals surface area contributed by atoms with Crippen LogP contribution in [0.1, 0.15) is 5.56 Å². The summed E-state index contributed by atoms with van der Waals surface area (Å²) in [5, 5.41) is 5.94. The highest BCUT2D eigenvalue weighted by Gasteiger charge is 2.11. The lowest BCUT2D eigenvalue weighted by atomic mass is 10.1. The maximum absolute atomic E-state index is 4.39. The van der Waals surface area contributed by atoms with Crippen molar-refractivity contribution >= 4 is 17.4 Å². The number of hydrazone groups is 1. The molecule has 1 aliphatic rings. The predicted molar refractivity (Wildman–Crippen MR) is 94.2 cm³/mol. The highest BCUT2D eigenvalue weighted by atomic mass is 15.5. The molecule has 0 unspecified atom stereocenters. The lowest BCUT2D eigenvalue weighted by Gasteiger charge is -2.16. The standard InChI is InChI=1S/C19H13N5/c1-2-6-15(7-3-1)19-13-24(23-14-22-19)16-9-11-21-18(12-16)17-8-4-5-10-20-17/h1-13H. The van der Waals surface area contributed by atoms with Crippen LogP contribution in [0.15, 0.2) is 89.4 Å². The van der Waals surface area contributed by atoms with Crippen LogP contribution in [-0.4, -0.2) is 16.0 Å². The van der Waals surface area contributed by atoms with Crippen LogP contribution >= 0.6 is 0 Å². The van der Waals surface area contributed by atoms with E-state index in [0.717, 1.165) is 28.3 Å². The van der Waals surface area contributed by atoms with Crippen LogP contribution in [0.5, 0.6) is 0 Å². The van der Waals surface area contributed by atoms with Gasteiger partial charge in [-0.2, -0.15) is 4.99 Å². The summed E-state index contributed by atoms with van der Waals surface area (Å²) in [7, 11) is 0. The van der Waals surface area contributed by atoms with Gasteiger partial charge in [0.1, 0.15) is 11.7 Å². The van der Waals surface area contributed by atoms with Crippen molar-refractivity contribution in [3.05, 3.63) is 84.8 Å². The molecule has 0 amide bonds. The summed E-state index contributed by atoms with van der Waals surface area (Å²) in [4.78, 5) is 13.0. The van der Waals surface area contributed by atoms with E-state index >= 15 is 0 Å². The third kappa shape index (κ3) is 2.84. The first-order chi connectivity index (χ1) is 11.9. The fraction of sp³-hybridized carbons (Fsp3) is 0. The maximum Gasteiger partial charge on any atom is 0.121 e. The van der Waals surface area contributed by atoms with E-state index in [1.807, 2.05) is 66.9 Å². The van der Waals surface area contributed by atoms with E-state index in [0.29, 0.717) is 0 Å². The van der Waals surface area contributed by atoms with Gasteiger partial charge in [-0.15, -0.1) is 5.10 Å². The molecule has 5 heteroatoms. The third-order valence-electron chi connectivity index (χ3n) is 3.57. The van der Waals surface area contributed by atoms with Crippen molar-refractivity contribution in [2.75, 3.05) is 5.01 Å². The zero-order valence-electron chi connectivity index (χ0n) is 12.7. The molecule has 4 rings (SSSR count). The van der Waals surface area contributed by atoms with Crippen LogP contribution in [0.2, 0.25) is 0 Å². The van der Waals surface area contributed by atoms with Crippen LogP contribution in [-0.2, 0) is 0 Å². The fourth-order valence-electron chi connectivity index (χ4n) is 2.39. The summed E-state index contributed by atoms with van der Waals surface area (Å²) in [6.45, 7) is 0. The molecular weight excluding hydrogens is 298 g/mol. The average molecular weight is 311 g/mol. The molecule has 0 spiro atoms. The highest BCUT2D eigenvalue weighted by molar-refractivity contribution is 5.76. The van der Waals surface area contributed by atoms with Crippen LogP contribution in [0.3, 0.4) is 0 Å². The average Bonchev–Trinajstić information content (AvgIpc) is 2.70. The SMILES string of the molecule is C1=NC(c2ccccc2)=CN(c2ccnc(-c3ccccn3)c2)N=1. The number of nitrogens with zero attached hydrogens (tertiary/aromatic N) is 5. The van der Waals surface area contributed by atoms with Gasteiger partial charge >= 0.3 is 0 Å². The number of benzene rings is 1. The topological polar surface area (TPSA) is 53.7 Å². The second-order valence-corrected chi connectivity index (χ2v) is 5.15. The molecule has 0 saturated heterocycles. The smallest absolute Gasteiger partial charge is 0.121 e. The van der Waals surface area contributed by atoms with Crippen molar-refractivity contribution in [1.82, 2.24) is 9.97 Å². The molecule has 0 aliphatic carbocycles.